The van der Waals surface area contributed by atoms with Gasteiger partial charge in [-0.15, -0.1) is 11.3 Å². The number of nitrogens with one attached hydrogen (secondary N) is 1. The predicted octanol–water partition coefficient (Wildman–Crippen LogP) is 4.59. The van der Waals surface area contributed by atoms with Crippen LogP contribution in [0.1, 0.15) is 10.6 Å². The van der Waals surface area contributed by atoms with Gasteiger partial charge in [0, 0.05) is 23.4 Å². The normalized spacial score (nSPS) is 10.5. The zero-order chi connectivity index (χ0) is 17.6. The van der Waals surface area contributed by atoms with Crippen molar-refractivity contribution in [2.75, 3.05) is 6.54 Å². The van der Waals surface area contributed by atoms with Crippen LogP contribution in [0.25, 0.3) is 10.6 Å². The van der Waals surface area contributed by atoms with E-state index in [2.05, 4.69) is 10.3 Å². The van der Waals surface area contributed by atoms with Crippen LogP contribution >= 0.6 is 11.3 Å². The van der Waals surface area contributed by atoms with Gasteiger partial charge in [-0.2, -0.15) is 0 Å². The standard InChI is InChI=1S/C19H17FN2O2S/c1-13-17(25-18(22-13)14-6-5-7-15(20)12-14)10-11-21-19(23)24-16-8-3-2-4-9-16/h2-9,12H,10-11H2,1H3,(H,21,23). The number of carbonyl (C=O) groups excluding carboxylic acids is 1. The number of benzene rings is 2. The van der Waals surface area contributed by atoms with E-state index >= 15 is 0 Å². The molecule has 1 heterocycles. The van der Waals surface area contributed by atoms with Crippen molar-refractivity contribution in [3.05, 3.63) is 71.0 Å². The molecule has 1 N–H and O–H groups in total. The number of halogens is 1. The van der Waals surface area contributed by atoms with E-state index in [0.717, 1.165) is 21.1 Å². The van der Waals surface area contributed by atoms with Crippen molar-refractivity contribution in [2.24, 2.45) is 0 Å². The Hall–Kier alpha value is -2.73. The molecule has 0 saturated heterocycles. The van der Waals surface area contributed by atoms with Gasteiger partial charge in [-0.25, -0.2) is 14.2 Å². The summed E-state index contributed by atoms with van der Waals surface area (Å²) in [5.41, 5.74) is 1.65. The maximum absolute atomic E-state index is 13.3. The van der Waals surface area contributed by atoms with E-state index < -0.39 is 6.09 Å². The summed E-state index contributed by atoms with van der Waals surface area (Å²) in [5.74, 6) is 0.222. The molecule has 0 atom stereocenters. The number of nitrogens with zero attached hydrogens (tertiary/aromatic N) is 1. The number of ether oxygens (including phenoxy) is 1. The first kappa shape index (κ1) is 17.1. The van der Waals surface area contributed by atoms with Gasteiger partial charge in [0.15, 0.2) is 0 Å². The summed E-state index contributed by atoms with van der Waals surface area (Å²) < 4.78 is 18.5. The average molecular weight is 356 g/mol. The third-order valence-corrected chi connectivity index (χ3v) is 4.81. The van der Waals surface area contributed by atoms with Crippen LogP contribution in [-0.4, -0.2) is 17.6 Å². The van der Waals surface area contributed by atoms with E-state index in [9.17, 15) is 9.18 Å². The quantitative estimate of drug-likeness (QED) is 0.727. The SMILES string of the molecule is Cc1nc(-c2cccc(F)c2)sc1CCNC(=O)Oc1ccccc1. The number of amides is 1. The van der Waals surface area contributed by atoms with Gasteiger partial charge in [0.25, 0.3) is 0 Å². The van der Waals surface area contributed by atoms with Crippen molar-refractivity contribution in [2.45, 2.75) is 13.3 Å². The van der Waals surface area contributed by atoms with E-state index in [1.54, 1.807) is 30.3 Å². The molecule has 2 aromatic carbocycles. The molecular weight excluding hydrogens is 339 g/mol. The molecule has 0 radical (unpaired) electrons. The largest absolute Gasteiger partial charge is 0.412 e. The second kappa shape index (κ2) is 7.90. The molecule has 0 saturated carbocycles. The van der Waals surface area contributed by atoms with Crippen LogP contribution in [0.2, 0.25) is 0 Å². The van der Waals surface area contributed by atoms with Crippen molar-refractivity contribution in [1.29, 1.82) is 0 Å². The highest BCUT2D eigenvalue weighted by Crippen LogP contribution is 2.28. The monoisotopic (exact) mass is 356 g/mol. The van der Waals surface area contributed by atoms with Gasteiger partial charge in [0.05, 0.1) is 5.69 Å². The number of hydrogen-bond acceptors (Lipinski definition) is 4. The van der Waals surface area contributed by atoms with Crippen LogP contribution < -0.4 is 10.1 Å². The van der Waals surface area contributed by atoms with E-state index in [4.69, 9.17) is 4.74 Å². The Balaban J connectivity index is 1.56. The van der Waals surface area contributed by atoms with Crippen LogP contribution in [0.3, 0.4) is 0 Å². The maximum Gasteiger partial charge on any atom is 0.412 e. The first-order chi connectivity index (χ1) is 12.1. The molecule has 3 rings (SSSR count). The van der Waals surface area contributed by atoms with Gasteiger partial charge in [-0.3, -0.25) is 0 Å². The Labute approximate surface area is 149 Å². The lowest BCUT2D eigenvalue weighted by Gasteiger charge is -2.05. The Morgan fingerprint density at radius 3 is 2.76 bits per heavy atom. The number of aromatic nitrogens is 1. The van der Waals surface area contributed by atoms with Crippen molar-refractivity contribution in [3.63, 3.8) is 0 Å². The highest BCUT2D eigenvalue weighted by molar-refractivity contribution is 7.15. The fourth-order valence-corrected chi connectivity index (χ4v) is 3.37. The van der Waals surface area contributed by atoms with E-state index in [-0.39, 0.29) is 5.82 Å². The number of para-hydroxylation sites is 1. The first-order valence-electron chi connectivity index (χ1n) is 7.85. The summed E-state index contributed by atoms with van der Waals surface area (Å²) in [4.78, 5) is 17.3. The number of hydrogen-bond donors (Lipinski definition) is 1. The molecular formula is C19H17FN2O2S. The van der Waals surface area contributed by atoms with Gasteiger partial charge in [0.1, 0.15) is 16.6 Å². The van der Waals surface area contributed by atoms with Gasteiger partial charge >= 0.3 is 6.09 Å². The molecule has 0 fully saturated rings. The first-order valence-corrected chi connectivity index (χ1v) is 8.66. The molecule has 0 spiro atoms. The average Bonchev–Trinajstić information content (AvgIpc) is 2.97. The molecule has 0 aliphatic carbocycles. The van der Waals surface area contributed by atoms with Crippen molar-refractivity contribution in [3.8, 4) is 16.3 Å². The van der Waals surface area contributed by atoms with E-state index in [1.165, 1.54) is 23.5 Å². The molecule has 0 aliphatic rings. The second-order valence-corrected chi connectivity index (χ2v) is 6.50. The lowest BCUT2D eigenvalue weighted by atomic mass is 10.2. The van der Waals surface area contributed by atoms with Gasteiger partial charge < -0.3 is 10.1 Å². The second-order valence-electron chi connectivity index (χ2n) is 5.42. The van der Waals surface area contributed by atoms with Crippen LogP contribution in [0.15, 0.2) is 54.6 Å². The highest BCUT2D eigenvalue weighted by Gasteiger charge is 2.11. The maximum atomic E-state index is 13.3. The highest BCUT2D eigenvalue weighted by atomic mass is 32.1. The van der Waals surface area contributed by atoms with Crippen LogP contribution in [0, 0.1) is 12.7 Å². The summed E-state index contributed by atoms with van der Waals surface area (Å²) in [7, 11) is 0. The van der Waals surface area contributed by atoms with Crippen LogP contribution in [-0.2, 0) is 6.42 Å². The third-order valence-electron chi connectivity index (χ3n) is 3.54. The molecule has 25 heavy (non-hydrogen) atoms. The van der Waals surface area contributed by atoms with E-state index in [1.807, 2.05) is 19.1 Å². The lowest BCUT2D eigenvalue weighted by molar-refractivity contribution is 0.200. The molecule has 6 heteroatoms. The zero-order valence-corrected chi connectivity index (χ0v) is 14.5. The van der Waals surface area contributed by atoms with Gasteiger partial charge in [-0.1, -0.05) is 30.3 Å². The summed E-state index contributed by atoms with van der Waals surface area (Å²) >= 11 is 1.51. The van der Waals surface area contributed by atoms with Gasteiger partial charge in [-0.05, 0) is 31.2 Å². The minimum Gasteiger partial charge on any atom is -0.410 e. The fourth-order valence-electron chi connectivity index (χ4n) is 2.31. The minimum absolute atomic E-state index is 0.280. The Morgan fingerprint density at radius 1 is 1.20 bits per heavy atom. The molecule has 1 amide bonds. The molecule has 0 unspecified atom stereocenters. The number of carbonyl (C=O) groups is 1. The van der Waals surface area contributed by atoms with Gasteiger partial charge in [0.2, 0.25) is 0 Å². The lowest BCUT2D eigenvalue weighted by Crippen LogP contribution is -2.28. The number of thiazole rings is 1. The summed E-state index contributed by atoms with van der Waals surface area (Å²) in [6.45, 7) is 2.36. The fraction of sp³-hybridized carbons (Fsp3) is 0.158. The third kappa shape index (κ3) is 4.64. The molecule has 0 aliphatic heterocycles. The number of rotatable bonds is 5. The Morgan fingerprint density at radius 2 is 2.00 bits per heavy atom. The zero-order valence-electron chi connectivity index (χ0n) is 13.7. The summed E-state index contributed by atoms with van der Waals surface area (Å²) in [6.07, 6.45) is 0.154. The summed E-state index contributed by atoms with van der Waals surface area (Å²) in [5, 5.41) is 3.50. The van der Waals surface area contributed by atoms with Crippen molar-refractivity contribution < 1.29 is 13.9 Å². The molecule has 1 aromatic heterocycles. The Kier molecular flexibility index (Phi) is 5.40. The predicted molar refractivity (Wildman–Crippen MR) is 96.4 cm³/mol. The summed E-state index contributed by atoms with van der Waals surface area (Å²) in [6, 6.07) is 15.3. The topological polar surface area (TPSA) is 51.2 Å². The van der Waals surface area contributed by atoms with Crippen molar-refractivity contribution in [1.82, 2.24) is 10.3 Å². The smallest absolute Gasteiger partial charge is 0.410 e. The number of aryl methyl sites for hydroxylation is 1. The molecule has 0 bridgehead atoms. The molecule has 3 aromatic rings. The molecule has 4 nitrogen and oxygen atoms in total. The molecule has 128 valence electrons. The van der Waals surface area contributed by atoms with Crippen LogP contribution in [0.4, 0.5) is 9.18 Å². The minimum atomic E-state index is -0.487. The Bertz CT molecular complexity index is 865. The van der Waals surface area contributed by atoms with Crippen LogP contribution in [0.5, 0.6) is 5.75 Å². The van der Waals surface area contributed by atoms with E-state index in [0.29, 0.717) is 18.7 Å². The van der Waals surface area contributed by atoms with Crippen molar-refractivity contribution >= 4 is 17.4 Å².